The zero-order valence-electron chi connectivity index (χ0n) is 20.3. The second kappa shape index (κ2) is 10.8. The molecule has 2 aromatic heterocycles. The maximum Gasteiger partial charge on any atom is 0.418 e. The van der Waals surface area contributed by atoms with Crippen LogP contribution in [-0.4, -0.2) is 53.3 Å². The summed E-state index contributed by atoms with van der Waals surface area (Å²) in [5.41, 5.74) is -0.125. The molecule has 4 aromatic rings. The number of rotatable bonds is 7. The number of para-hydroxylation sites is 1. The van der Waals surface area contributed by atoms with Crippen molar-refractivity contribution in [3.8, 4) is 5.75 Å². The van der Waals surface area contributed by atoms with Crippen LogP contribution in [0, 0.1) is 0 Å². The molecule has 1 fully saturated rings. The Bertz CT molecular complexity index is 1570. The second-order valence-corrected chi connectivity index (χ2v) is 11.3. The first-order valence-corrected chi connectivity index (χ1v) is 14.1. The monoisotopic (exact) mass is 577 g/mol. The molecule has 1 aliphatic rings. The number of hydrogen-bond donors (Lipinski definition) is 1. The Morgan fingerprint density at radius 2 is 1.82 bits per heavy atom. The van der Waals surface area contributed by atoms with Gasteiger partial charge in [-0.15, -0.1) is 0 Å². The van der Waals surface area contributed by atoms with Crippen molar-refractivity contribution in [2.24, 2.45) is 0 Å². The van der Waals surface area contributed by atoms with Crippen molar-refractivity contribution in [2.45, 2.75) is 29.8 Å². The highest BCUT2D eigenvalue weighted by atomic mass is 32.2. The number of carbonyl (C=O) groups is 1. The average Bonchev–Trinajstić information content (AvgIpc) is 3.43. The standard InChI is InChI=1S/C25H22F3N5O4S2/c26-25(27,28)20-3-1-2-19-21(8-11-29-23(19)20)37-14-22(34)33-12-9-17(10-13-33)16-4-6-18(7-5-16)39(35,36)32-24-30-15-31-38-24/h1-8,11,15,17H,9-10,12-14H2,(H,30,31,32). The lowest BCUT2D eigenvalue weighted by molar-refractivity contribution is -0.136. The van der Waals surface area contributed by atoms with Crippen LogP contribution in [-0.2, 0) is 21.0 Å². The maximum absolute atomic E-state index is 13.3. The van der Waals surface area contributed by atoms with E-state index >= 15 is 0 Å². The number of carbonyl (C=O) groups excluding carboxylic acids is 1. The lowest BCUT2D eigenvalue weighted by Crippen LogP contribution is -2.40. The lowest BCUT2D eigenvalue weighted by atomic mass is 9.89. The van der Waals surface area contributed by atoms with Crippen LogP contribution >= 0.6 is 11.5 Å². The number of halogens is 3. The first-order valence-electron chi connectivity index (χ1n) is 11.9. The van der Waals surface area contributed by atoms with Gasteiger partial charge in [-0.1, -0.05) is 18.2 Å². The summed E-state index contributed by atoms with van der Waals surface area (Å²) in [7, 11) is -3.77. The Hall–Kier alpha value is -3.78. The van der Waals surface area contributed by atoms with E-state index in [2.05, 4.69) is 19.1 Å². The highest BCUT2D eigenvalue weighted by molar-refractivity contribution is 7.93. The molecular weight excluding hydrogens is 555 g/mol. The predicted octanol–water partition coefficient (Wildman–Crippen LogP) is 4.69. The van der Waals surface area contributed by atoms with E-state index in [1.165, 1.54) is 42.9 Å². The molecule has 1 amide bonds. The van der Waals surface area contributed by atoms with E-state index in [4.69, 9.17) is 4.74 Å². The number of alkyl halides is 3. The summed E-state index contributed by atoms with van der Waals surface area (Å²) in [6.07, 6.45) is -0.715. The van der Waals surface area contributed by atoms with Crippen molar-refractivity contribution >= 4 is 43.5 Å². The number of fused-ring (bicyclic) bond motifs is 1. The minimum Gasteiger partial charge on any atom is -0.483 e. The molecule has 0 aliphatic carbocycles. The van der Waals surface area contributed by atoms with Crippen LogP contribution in [0.5, 0.6) is 5.75 Å². The van der Waals surface area contributed by atoms with E-state index in [9.17, 15) is 26.4 Å². The van der Waals surface area contributed by atoms with Gasteiger partial charge in [0.1, 0.15) is 12.1 Å². The molecule has 2 aromatic carbocycles. The van der Waals surface area contributed by atoms with Crippen LogP contribution in [0.15, 0.2) is 66.0 Å². The van der Waals surface area contributed by atoms with Gasteiger partial charge in [0.05, 0.1) is 16.0 Å². The van der Waals surface area contributed by atoms with Crippen LogP contribution in [0.1, 0.15) is 29.9 Å². The van der Waals surface area contributed by atoms with Gasteiger partial charge in [0.25, 0.3) is 15.9 Å². The van der Waals surface area contributed by atoms with Gasteiger partial charge in [0, 0.05) is 36.2 Å². The number of nitrogens with zero attached hydrogens (tertiary/aromatic N) is 4. The number of amides is 1. The largest absolute Gasteiger partial charge is 0.483 e. The highest BCUT2D eigenvalue weighted by Gasteiger charge is 2.33. The summed E-state index contributed by atoms with van der Waals surface area (Å²) < 4.78 is 76.8. The fraction of sp³-hybridized carbons (Fsp3) is 0.280. The predicted molar refractivity (Wildman–Crippen MR) is 138 cm³/mol. The van der Waals surface area contributed by atoms with Crippen LogP contribution < -0.4 is 9.46 Å². The molecule has 3 heterocycles. The van der Waals surface area contributed by atoms with E-state index in [0.717, 1.165) is 23.2 Å². The van der Waals surface area contributed by atoms with E-state index in [-0.39, 0.29) is 45.1 Å². The third-order valence-corrected chi connectivity index (χ3v) is 8.54. The van der Waals surface area contributed by atoms with Crippen LogP contribution in [0.3, 0.4) is 0 Å². The summed E-state index contributed by atoms with van der Waals surface area (Å²) in [5.74, 6) is 0.0346. The van der Waals surface area contributed by atoms with Crippen molar-refractivity contribution in [2.75, 3.05) is 24.4 Å². The van der Waals surface area contributed by atoms with Gasteiger partial charge >= 0.3 is 6.18 Å². The first kappa shape index (κ1) is 26.8. The van der Waals surface area contributed by atoms with Crippen molar-refractivity contribution in [1.82, 2.24) is 19.2 Å². The van der Waals surface area contributed by atoms with E-state index in [1.54, 1.807) is 17.0 Å². The quantitative estimate of drug-likeness (QED) is 0.339. The third-order valence-electron chi connectivity index (χ3n) is 6.48. The number of sulfonamides is 1. The second-order valence-electron chi connectivity index (χ2n) is 8.87. The van der Waals surface area contributed by atoms with E-state index in [1.807, 2.05) is 0 Å². The van der Waals surface area contributed by atoms with Gasteiger partial charge in [0.15, 0.2) is 6.61 Å². The lowest BCUT2D eigenvalue weighted by Gasteiger charge is -2.32. The zero-order chi connectivity index (χ0) is 27.6. The fourth-order valence-corrected chi connectivity index (χ4v) is 6.17. The van der Waals surface area contributed by atoms with Gasteiger partial charge in [0.2, 0.25) is 5.13 Å². The van der Waals surface area contributed by atoms with Gasteiger partial charge in [-0.05, 0) is 54.7 Å². The molecule has 0 unspecified atom stereocenters. The Labute approximate surface area is 225 Å². The van der Waals surface area contributed by atoms with Crippen molar-refractivity contribution in [3.63, 3.8) is 0 Å². The first-order chi connectivity index (χ1) is 18.6. The van der Waals surface area contributed by atoms with Crippen LogP contribution in [0.2, 0.25) is 0 Å². The number of anilines is 1. The summed E-state index contributed by atoms with van der Waals surface area (Å²) in [6.45, 7) is 0.635. The molecule has 14 heteroatoms. The molecule has 39 heavy (non-hydrogen) atoms. The molecule has 0 atom stereocenters. The van der Waals surface area contributed by atoms with Crippen LogP contribution in [0.25, 0.3) is 10.9 Å². The maximum atomic E-state index is 13.3. The molecule has 1 aliphatic heterocycles. The summed E-state index contributed by atoms with van der Waals surface area (Å²) in [4.78, 5) is 22.2. The van der Waals surface area contributed by atoms with Crippen molar-refractivity contribution in [3.05, 3.63) is 72.2 Å². The summed E-state index contributed by atoms with van der Waals surface area (Å²) in [6, 6.07) is 11.8. The molecule has 1 saturated heterocycles. The van der Waals surface area contributed by atoms with E-state index < -0.39 is 21.8 Å². The molecule has 9 nitrogen and oxygen atoms in total. The number of benzene rings is 2. The van der Waals surface area contributed by atoms with E-state index in [0.29, 0.717) is 25.9 Å². The summed E-state index contributed by atoms with van der Waals surface area (Å²) >= 11 is 0.940. The van der Waals surface area contributed by atoms with Crippen LogP contribution in [0.4, 0.5) is 18.3 Å². The molecule has 0 spiro atoms. The van der Waals surface area contributed by atoms with Gasteiger partial charge in [-0.25, -0.2) is 13.4 Å². The molecule has 0 bridgehead atoms. The van der Waals surface area contributed by atoms with Gasteiger partial charge in [-0.2, -0.15) is 17.5 Å². The molecule has 5 rings (SSSR count). The minimum atomic E-state index is -4.56. The SMILES string of the molecule is O=C(COc1ccnc2c(C(F)(F)F)cccc12)N1CCC(c2ccc(S(=O)(=O)Nc3ncns3)cc2)CC1. The van der Waals surface area contributed by atoms with Crippen molar-refractivity contribution in [1.29, 1.82) is 0 Å². The number of nitrogens with one attached hydrogen (secondary N) is 1. The molecule has 204 valence electrons. The molecular formula is C25H22F3N5O4S2. The number of likely N-dealkylation sites (tertiary alicyclic amines) is 1. The molecule has 0 radical (unpaired) electrons. The van der Waals surface area contributed by atoms with Crippen molar-refractivity contribution < 1.29 is 31.1 Å². The highest BCUT2D eigenvalue weighted by Crippen LogP contribution is 2.36. The Morgan fingerprint density at radius 1 is 1.08 bits per heavy atom. The third kappa shape index (κ3) is 5.96. The number of pyridine rings is 1. The topological polar surface area (TPSA) is 114 Å². The Morgan fingerprint density at radius 3 is 2.49 bits per heavy atom. The normalized spacial score (nSPS) is 14.9. The number of ether oxygens (including phenoxy) is 1. The molecule has 0 saturated carbocycles. The molecule has 1 N–H and O–H groups in total. The number of hydrogen-bond acceptors (Lipinski definition) is 8. The number of aromatic nitrogens is 3. The number of piperidine rings is 1. The average molecular weight is 578 g/mol. The Balaban J connectivity index is 1.17. The van der Waals surface area contributed by atoms with Gasteiger partial charge in [-0.3, -0.25) is 14.5 Å². The fourth-order valence-electron chi connectivity index (χ4n) is 4.51. The Kier molecular flexibility index (Phi) is 7.40. The summed E-state index contributed by atoms with van der Waals surface area (Å²) in [5, 5.41) is 0.367. The zero-order valence-corrected chi connectivity index (χ0v) is 21.9. The minimum absolute atomic E-state index is 0.109. The van der Waals surface area contributed by atoms with Gasteiger partial charge < -0.3 is 9.64 Å². The smallest absolute Gasteiger partial charge is 0.418 e.